The Morgan fingerprint density at radius 3 is 2.66 bits per heavy atom. The van der Waals surface area contributed by atoms with Gasteiger partial charge in [0.2, 0.25) is 0 Å². The first-order valence-corrected chi connectivity index (χ1v) is 9.35. The third-order valence-corrected chi connectivity index (χ3v) is 4.92. The lowest BCUT2D eigenvalue weighted by Gasteiger charge is -2.13. The molecule has 7 heteroatoms. The Kier molecular flexibility index (Phi) is 5.12. The molecule has 0 saturated heterocycles. The van der Waals surface area contributed by atoms with Crippen LogP contribution in [-0.2, 0) is 24.1 Å². The summed E-state index contributed by atoms with van der Waals surface area (Å²) in [6.07, 6.45) is 2.72. The van der Waals surface area contributed by atoms with Gasteiger partial charge in [-0.2, -0.15) is 0 Å². The Hall–Kier alpha value is -3.48. The van der Waals surface area contributed by atoms with Gasteiger partial charge in [-0.25, -0.2) is 14.4 Å². The molecule has 0 radical (unpaired) electrons. The van der Waals surface area contributed by atoms with Crippen LogP contribution in [0.25, 0.3) is 11.4 Å². The topological polar surface area (TPSA) is 84.3 Å². The molecule has 0 bridgehead atoms. The van der Waals surface area contributed by atoms with Crippen molar-refractivity contribution in [3.05, 3.63) is 65.1 Å². The third kappa shape index (κ3) is 4.03. The second-order valence-electron chi connectivity index (χ2n) is 6.92. The molecule has 1 aromatic heterocycles. The van der Waals surface area contributed by atoms with Crippen molar-refractivity contribution < 1.29 is 19.0 Å². The summed E-state index contributed by atoms with van der Waals surface area (Å²) < 4.78 is 19.1. The quantitative estimate of drug-likeness (QED) is 0.655. The molecular weight excluding hydrogens is 373 g/mol. The van der Waals surface area contributed by atoms with Crippen molar-refractivity contribution in [3.63, 3.8) is 0 Å². The second kappa shape index (κ2) is 7.87. The second-order valence-corrected chi connectivity index (χ2v) is 6.92. The number of rotatable bonds is 6. The van der Waals surface area contributed by atoms with E-state index >= 15 is 0 Å². The predicted octanol–water partition coefficient (Wildman–Crippen LogP) is 4.15. The van der Waals surface area contributed by atoms with E-state index < -0.39 is 11.8 Å². The van der Waals surface area contributed by atoms with Crippen LogP contribution in [0, 0.1) is 5.82 Å². The number of carboxylic acids is 1. The van der Waals surface area contributed by atoms with Crippen molar-refractivity contribution in [1.82, 2.24) is 9.97 Å². The zero-order chi connectivity index (χ0) is 20.4. The van der Waals surface area contributed by atoms with Crippen LogP contribution >= 0.6 is 0 Å². The molecule has 2 aromatic carbocycles. The largest absolute Gasteiger partial charge is 0.494 e. The van der Waals surface area contributed by atoms with Gasteiger partial charge >= 0.3 is 5.97 Å². The maximum Gasteiger partial charge on any atom is 0.307 e. The van der Waals surface area contributed by atoms with Crippen molar-refractivity contribution in [2.75, 3.05) is 12.4 Å². The molecule has 0 atom stereocenters. The van der Waals surface area contributed by atoms with E-state index in [9.17, 15) is 9.18 Å². The van der Waals surface area contributed by atoms with Crippen LogP contribution in [0.15, 0.2) is 42.5 Å². The van der Waals surface area contributed by atoms with Crippen LogP contribution in [0.3, 0.4) is 0 Å². The lowest BCUT2D eigenvalue weighted by Crippen LogP contribution is -2.04. The minimum absolute atomic E-state index is 0.0175. The fourth-order valence-electron chi connectivity index (χ4n) is 3.49. The van der Waals surface area contributed by atoms with E-state index in [1.54, 1.807) is 24.3 Å². The molecule has 0 fully saturated rings. The normalized spacial score (nSPS) is 12.5. The molecule has 29 heavy (non-hydrogen) atoms. The van der Waals surface area contributed by atoms with E-state index in [1.807, 2.05) is 12.1 Å². The number of carbonyl (C=O) groups is 1. The highest BCUT2D eigenvalue weighted by Gasteiger charge is 2.20. The number of aryl methyl sites for hydroxylation is 1. The van der Waals surface area contributed by atoms with Crippen LogP contribution in [0.4, 0.5) is 15.9 Å². The molecule has 2 N–H and O–H groups in total. The number of carboxylic acid groups (broad SMARTS) is 1. The monoisotopic (exact) mass is 393 g/mol. The highest BCUT2D eigenvalue weighted by molar-refractivity contribution is 5.71. The van der Waals surface area contributed by atoms with E-state index in [-0.39, 0.29) is 12.2 Å². The first kappa shape index (κ1) is 18.9. The molecular formula is C22H20FN3O3. The first-order valence-electron chi connectivity index (χ1n) is 9.35. The SMILES string of the molecule is COc1ccc(-c2nc3c(c(Nc4ccc(CC(=O)O)cc4)n2)CCC3)cc1F. The van der Waals surface area contributed by atoms with Crippen molar-refractivity contribution in [2.45, 2.75) is 25.7 Å². The number of hydrogen-bond acceptors (Lipinski definition) is 5. The van der Waals surface area contributed by atoms with E-state index in [2.05, 4.69) is 15.3 Å². The fraction of sp³-hybridized carbons (Fsp3) is 0.227. The number of nitrogens with one attached hydrogen (secondary N) is 1. The van der Waals surface area contributed by atoms with E-state index in [0.29, 0.717) is 17.2 Å². The first-order chi connectivity index (χ1) is 14.0. The highest BCUT2D eigenvalue weighted by atomic mass is 19.1. The van der Waals surface area contributed by atoms with E-state index in [1.165, 1.54) is 13.2 Å². The number of aliphatic carboxylic acids is 1. The number of anilines is 2. The van der Waals surface area contributed by atoms with Crippen molar-refractivity contribution >= 4 is 17.5 Å². The van der Waals surface area contributed by atoms with Gasteiger partial charge in [-0.05, 0) is 55.2 Å². The average Bonchev–Trinajstić information content (AvgIpc) is 3.18. The van der Waals surface area contributed by atoms with Crippen molar-refractivity contribution in [3.8, 4) is 17.1 Å². The molecule has 0 amide bonds. The van der Waals surface area contributed by atoms with Crippen LogP contribution in [0.2, 0.25) is 0 Å². The Labute approximate surface area is 167 Å². The summed E-state index contributed by atoms with van der Waals surface area (Å²) in [5.74, 6) is 0.00458. The highest BCUT2D eigenvalue weighted by Crippen LogP contribution is 2.32. The van der Waals surface area contributed by atoms with Gasteiger partial charge in [-0.1, -0.05) is 12.1 Å². The van der Waals surface area contributed by atoms with Gasteiger partial charge in [0.15, 0.2) is 17.4 Å². The van der Waals surface area contributed by atoms with Gasteiger partial charge in [0.05, 0.1) is 13.5 Å². The zero-order valence-electron chi connectivity index (χ0n) is 15.9. The minimum Gasteiger partial charge on any atom is -0.494 e. The van der Waals surface area contributed by atoms with Gasteiger partial charge in [0, 0.05) is 22.5 Å². The van der Waals surface area contributed by atoms with E-state index in [4.69, 9.17) is 9.84 Å². The summed E-state index contributed by atoms with van der Waals surface area (Å²) in [6, 6.07) is 11.9. The molecule has 6 nitrogen and oxygen atoms in total. The number of nitrogens with zero attached hydrogens (tertiary/aromatic N) is 2. The maximum absolute atomic E-state index is 14.1. The van der Waals surface area contributed by atoms with Crippen molar-refractivity contribution in [2.24, 2.45) is 0 Å². The molecule has 0 aliphatic heterocycles. The number of halogens is 1. The Bertz CT molecular complexity index is 1070. The summed E-state index contributed by atoms with van der Waals surface area (Å²) in [7, 11) is 1.42. The molecule has 0 saturated carbocycles. The standard InChI is InChI=1S/C22H20FN3O3/c1-29-19-10-7-14(12-17(19)23)21-25-18-4-2-3-16(18)22(26-21)24-15-8-5-13(6-9-15)11-20(27)28/h5-10,12H,2-4,11H2,1H3,(H,27,28)(H,24,25,26). The summed E-state index contributed by atoms with van der Waals surface area (Å²) in [6.45, 7) is 0. The molecule has 3 aromatic rings. The van der Waals surface area contributed by atoms with E-state index in [0.717, 1.165) is 41.8 Å². The zero-order valence-corrected chi connectivity index (χ0v) is 15.9. The number of hydrogen-bond donors (Lipinski definition) is 2. The number of ether oxygens (including phenoxy) is 1. The minimum atomic E-state index is -0.865. The van der Waals surface area contributed by atoms with Gasteiger partial charge in [0.1, 0.15) is 5.82 Å². The Morgan fingerprint density at radius 1 is 1.17 bits per heavy atom. The maximum atomic E-state index is 14.1. The van der Waals surface area contributed by atoms with Gasteiger partial charge in [0.25, 0.3) is 0 Å². The smallest absolute Gasteiger partial charge is 0.307 e. The molecule has 1 aliphatic carbocycles. The van der Waals surface area contributed by atoms with Gasteiger partial charge in [-0.15, -0.1) is 0 Å². The van der Waals surface area contributed by atoms with Crippen LogP contribution in [-0.4, -0.2) is 28.2 Å². The number of benzene rings is 2. The summed E-state index contributed by atoms with van der Waals surface area (Å²) in [5, 5.41) is 12.2. The molecule has 1 aliphatic rings. The lowest BCUT2D eigenvalue weighted by molar-refractivity contribution is -0.136. The van der Waals surface area contributed by atoms with Crippen LogP contribution in [0.1, 0.15) is 23.2 Å². The molecule has 1 heterocycles. The number of fused-ring (bicyclic) bond motifs is 1. The number of aromatic nitrogens is 2. The van der Waals surface area contributed by atoms with Crippen LogP contribution in [0.5, 0.6) is 5.75 Å². The third-order valence-electron chi connectivity index (χ3n) is 4.92. The summed E-state index contributed by atoms with van der Waals surface area (Å²) in [5.41, 5.74) is 4.15. The van der Waals surface area contributed by atoms with Gasteiger partial charge < -0.3 is 15.2 Å². The average molecular weight is 393 g/mol. The Morgan fingerprint density at radius 2 is 1.97 bits per heavy atom. The fourth-order valence-corrected chi connectivity index (χ4v) is 3.49. The molecule has 0 unspecified atom stereocenters. The summed E-state index contributed by atoms with van der Waals surface area (Å²) >= 11 is 0. The van der Waals surface area contributed by atoms with Crippen LogP contribution < -0.4 is 10.1 Å². The molecule has 148 valence electrons. The molecule has 0 spiro atoms. The van der Waals surface area contributed by atoms with Crippen molar-refractivity contribution in [1.29, 1.82) is 0 Å². The Balaban J connectivity index is 1.67. The van der Waals surface area contributed by atoms with Gasteiger partial charge in [-0.3, -0.25) is 4.79 Å². The molecule has 4 rings (SSSR count). The number of methoxy groups -OCH3 is 1. The predicted molar refractivity (Wildman–Crippen MR) is 107 cm³/mol. The summed E-state index contributed by atoms with van der Waals surface area (Å²) in [4.78, 5) is 20.1. The lowest BCUT2D eigenvalue weighted by atomic mass is 10.1.